The topological polar surface area (TPSA) is 111 Å². The third-order valence-corrected chi connectivity index (χ3v) is 5.69. The Labute approximate surface area is 127 Å². The van der Waals surface area contributed by atoms with Gasteiger partial charge in [-0.1, -0.05) is 0 Å². The number of hydrogen-bond donors (Lipinski definition) is 2. The van der Waals surface area contributed by atoms with Crippen LogP contribution in [0.3, 0.4) is 0 Å². The second-order valence-electron chi connectivity index (χ2n) is 4.33. The first-order chi connectivity index (χ1) is 8.95. The molecular weight excluding hydrogens is 326 g/mol. The maximum atomic E-state index is 12.1. The van der Waals surface area contributed by atoms with E-state index in [1.807, 2.05) is 0 Å². The summed E-state index contributed by atoms with van der Waals surface area (Å²) >= 11 is 0.873. The van der Waals surface area contributed by atoms with Gasteiger partial charge in [-0.3, -0.25) is 0 Å². The summed E-state index contributed by atoms with van der Waals surface area (Å²) in [5.41, 5.74) is 6.93. The fourth-order valence-corrected chi connectivity index (χ4v) is 3.87. The Morgan fingerprint density at radius 1 is 1.65 bits per heavy atom. The van der Waals surface area contributed by atoms with Crippen molar-refractivity contribution in [3.63, 3.8) is 0 Å². The minimum Gasteiger partial charge on any atom is -0.464 e. The van der Waals surface area contributed by atoms with E-state index in [4.69, 9.17) is 5.73 Å². The second kappa shape index (κ2) is 6.81. The number of carbonyl (C=O) groups excluding carboxylic acids is 1. The lowest BCUT2D eigenvalue weighted by atomic mass is 10.2. The van der Waals surface area contributed by atoms with Gasteiger partial charge in [0.2, 0.25) is 0 Å². The van der Waals surface area contributed by atoms with E-state index in [9.17, 15) is 13.2 Å². The minimum atomic E-state index is -3.78. The largest absolute Gasteiger partial charge is 0.464 e. The SMILES string of the molecule is COC(=O)c1ncsc1S(=O)(=O)NCC(N)C1CC1.Cl. The van der Waals surface area contributed by atoms with Gasteiger partial charge in [0.1, 0.15) is 0 Å². The third kappa shape index (κ3) is 3.89. The Bertz CT molecular complexity index is 571. The number of rotatable bonds is 6. The molecule has 0 amide bonds. The quantitative estimate of drug-likeness (QED) is 0.723. The summed E-state index contributed by atoms with van der Waals surface area (Å²) in [4.78, 5) is 15.1. The van der Waals surface area contributed by atoms with E-state index in [1.54, 1.807) is 0 Å². The van der Waals surface area contributed by atoms with Crippen molar-refractivity contribution in [2.75, 3.05) is 13.7 Å². The van der Waals surface area contributed by atoms with Crippen LogP contribution in [0.15, 0.2) is 9.72 Å². The highest BCUT2D eigenvalue weighted by Gasteiger charge is 2.31. The van der Waals surface area contributed by atoms with Gasteiger partial charge in [-0.05, 0) is 18.8 Å². The second-order valence-corrected chi connectivity index (χ2v) is 7.15. The predicted octanol–water partition coefficient (Wildman–Crippen LogP) is 0.367. The first-order valence-corrected chi connectivity index (χ1v) is 8.09. The summed E-state index contributed by atoms with van der Waals surface area (Å²) in [6.07, 6.45) is 2.08. The predicted molar refractivity (Wildman–Crippen MR) is 76.6 cm³/mol. The van der Waals surface area contributed by atoms with Gasteiger partial charge in [0, 0.05) is 12.6 Å². The molecule has 0 aliphatic heterocycles. The highest BCUT2D eigenvalue weighted by Crippen LogP contribution is 2.31. The molecule has 1 aliphatic carbocycles. The van der Waals surface area contributed by atoms with Crippen LogP contribution in [0.1, 0.15) is 23.3 Å². The molecule has 1 aliphatic rings. The molecule has 1 heterocycles. The van der Waals surface area contributed by atoms with Crippen molar-refractivity contribution in [3.8, 4) is 0 Å². The monoisotopic (exact) mass is 341 g/mol. The molecule has 0 bridgehead atoms. The van der Waals surface area contributed by atoms with Crippen LogP contribution in [0.2, 0.25) is 0 Å². The van der Waals surface area contributed by atoms with Crippen molar-refractivity contribution in [2.24, 2.45) is 11.7 Å². The van der Waals surface area contributed by atoms with Gasteiger partial charge < -0.3 is 10.5 Å². The van der Waals surface area contributed by atoms with Crippen LogP contribution in [0.25, 0.3) is 0 Å². The zero-order valence-electron chi connectivity index (χ0n) is 10.7. The zero-order chi connectivity index (χ0) is 14.0. The molecule has 1 aromatic rings. The molecule has 1 atom stereocenters. The number of carbonyl (C=O) groups is 1. The standard InChI is InChI=1S/C10H15N3O4S2.ClH/c1-17-9(14)8-10(18-5-12-8)19(15,16)13-4-7(11)6-2-3-6;/h5-7,13H,2-4,11H2,1H3;1H. The third-order valence-electron chi connectivity index (χ3n) is 2.89. The number of halogens is 1. The molecule has 1 aromatic heterocycles. The minimum absolute atomic E-state index is 0. The number of nitrogens with two attached hydrogens (primary N) is 1. The Balaban J connectivity index is 0.00000200. The van der Waals surface area contributed by atoms with Gasteiger partial charge in [-0.2, -0.15) is 0 Å². The van der Waals surface area contributed by atoms with Gasteiger partial charge in [0.05, 0.1) is 12.6 Å². The Kier molecular flexibility index (Phi) is 5.90. The Morgan fingerprint density at radius 3 is 2.85 bits per heavy atom. The average Bonchev–Trinajstić information content (AvgIpc) is 3.11. The van der Waals surface area contributed by atoms with Crippen LogP contribution in [0.4, 0.5) is 0 Å². The molecule has 3 N–H and O–H groups in total. The molecule has 114 valence electrons. The normalized spacial score (nSPS) is 16.3. The highest BCUT2D eigenvalue weighted by atomic mass is 35.5. The van der Waals surface area contributed by atoms with E-state index in [1.165, 1.54) is 12.6 Å². The lowest BCUT2D eigenvalue weighted by Gasteiger charge is -2.11. The first kappa shape index (κ1) is 17.3. The van der Waals surface area contributed by atoms with Crippen LogP contribution < -0.4 is 10.5 Å². The van der Waals surface area contributed by atoms with Crippen molar-refractivity contribution in [1.29, 1.82) is 0 Å². The number of ether oxygens (including phenoxy) is 1. The summed E-state index contributed by atoms with van der Waals surface area (Å²) in [6, 6.07) is -0.190. The van der Waals surface area contributed by atoms with Crippen LogP contribution in [0.5, 0.6) is 0 Å². The number of hydrogen-bond acceptors (Lipinski definition) is 7. The molecule has 1 fully saturated rings. The van der Waals surface area contributed by atoms with E-state index < -0.39 is 16.0 Å². The van der Waals surface area contributed by atoms with Crippen LogP contribution >= 0.6 is 23.7 Å². The summed E-state index contributed by atoms with van der Waals surface area (Å²) in [5, 5.41) is 0. The first-order valence-electron chi connectivity index (χ1n) is 5.72. The highest BCUT2D eigenvalue weighted by molar-refractivity contribution is 7.91. The summed E-state index contributed by atoms with van der Waals surface area (Å²) in [7, 11) is -2.60. The van der Waals surface area contributed by atoms with Crippen molar-refractivity contribution in [2.45, 2.75) is 23.1 Å². The molecule has 0 radical (unpaired) electrons. The van der Waals surface area contributed by atoms with Gasteiger partial charge in [-0.15, -0.1) is 23.7 Å². The van der Waals surface area contributed by atoms with Crippen molar-refractivity contribution in [3.05, 3.63) is 11.2 Å². The van der Waals surface area contributed by atoms with Crippen LogP contribution in [-0.4, -0.2) is 39.1 Å². The number of aromatic nitrogens is 1. The Hall–Kier alpha value is -0.740. The molecule has 7 nitrogen and oxygen atoms in total. The maximum Gasteiger partial charge on any atom is 0.358 e. The number of nitrogens with one attached hydrogen (secondary N) is 1. The van der Waals surface area contributed by atoms with Gasteiger partial charge in [0.15, 0.2) is 9.90 Å². The van der Waals surface area contributed by atoms with Crippen LogP contribution in [-0.2, 0) is 14.8 Å². The number of esters is 1. The molecule has 10 heteroatoms. The Morgan fingerprint density at radius 2 is 2.30 bits per heavy atom. The fraction of sp³-hybridized carbons (Fsp3) is 0.600. The number of methoxy groups -OCH3 is 1. The van der Waals surface area contributed by atoms with Crippen molar-refractivity contribution < 1.29 is 17.9 Å². The van der Waals surface area contributed by atoms with E-state index in [0.717, 1.165) is 24.2 Å². The number of nitrogens with zero attached hydrogens (tertiary/aromatic N) is 1. The summed E-state index contributed by atoms with van der Waals surface area (Å²) in [6.45, 7) is 0.158. The maximum absolute atomic E-state index is 12.1. The summed E-state index contributed by atoms with van der Waals surface area (Å²) < 4.78 is 30.9. The number of thiazole rings is 1. The van der Waals surface area contributed by atoms with Gasteiger partial charge in [0.25, 0.3) is 10.0 Å². The lowest BCUT2D eigenvalue weighted by Crippen LogP contribution is -2.38. The molecule has 0 spiro atoms. The molecular formula is C10H16ClN3O4S2. The smallest absolute Gasteiger partial charge is 0.358 e. The van der Waals surface area contributed by atoms with Crippen molar-refractivity contribution in [1.82, 2.24) is 9.71 Å². The van der Waals surface area contributed by atoms with E-state index in [0.29, 0.717) is 5.92 Å². The van der Waals surface area contributed by atoms with E-state index in [-0.39, 0.29) is 34.9 Å². The number of sulfonamides is 1. The average molecular weight is 342 g/mol. The lowest BCUT2D eigenvalue weighted by molar-refractivity contribution is 0.0590. The molecule has 2 rings (SSSR count). The van der Waals surface area contributed by atoms with Gasteiger partial charge >= 0.3 is 5.97 Å². The molecule has 1 unspecified atom stereocenters. The summed E-state index contributed by atoms with van der Waals surface area (Å²) in [5.74, 6) is -0.377. The molecule has 0 aromatic carbocycles. The molecule has 20 heavy (non-hydrogen) atoms. The van der Waals surface area contributed by atoms with E-state index >= 15 is 0 Å². The zero-order valence-corrected chi connectivity index (χ0v) is 13.2. The molecule has 1 saturated carbocycles. The van der Waals surface area contributed by atoms with Crippen molar-refractivity contribution >= 4 is 39.7 Å². The fourth-order valence-electron chi connectivity index (χ4n) is 1.62. The van der Waals surface area contributed by atoms with Crippen LogP contribution in [0, 0.1) is 5.92 Å². The van der Waals surface area contributed by atoms with E-state index in [2.05, 4.69) is 14.4 Å². The molecule has 0 saturated heterocycles. The van der Waals surface area contributed by atoms with Gasteiger partial charge in [-0.25, -0.2) is 22.9 Å².